The number of imidazole rings is 1. The molecule has 9 heteroatoms. The molecule has 0 fully saturated rings. The van der Waals surface area contributed by atoms with Gasteiger partial charge in [-0.15, -0.1) is 0 Å². The van der Waals surface area contributed by atoms with Crippen LogP contribution in [0, 0.1) is 17.1 Å². The predicted molar refractivity (Wildman–Crippen MR) is 151 cm³/mol. The molecule has 0 amide bonds. The monoisotopic (exact) mass is 550 g/mol. The second kappa shape index (κ2) is 12.4. The fourth-order valence-electron chi connectivity index (χ4n) is 4.55. The van der Waals surface area contributed by atoms with Crippen molar-refractivity contribution in [3.05, 3.63) is 113 Å². The molecule has 8 nitrogen and oxygen atoms in total. The van der Waals surface area contributed by atoms with Crippen molar-refractivity contribution in [1.29, 1.82) is 5.26 Å². The highest BCUT2D eigenvalue weighted by atomic mass is 19.1. The second-order valence-electron chi connectivity index (χ2n) is 9.31. The first-order chi connectivity index (χ1) is 20.0. The molecule has 0 spiro atoms. The van der Waals surface area contributed by atoms with Gasteiger partial charge in [0.25, 0.3) is 0 Å². The lowest BCUT2D eigenvalue weighted by Crippen LogP contribution is -2.10. The largest absolute Gasteiger partial charge is 0.473 e. The number of aromatic nitrogens is 3. The molecule has 2 heterocycles. The highest BCUT2D eigenvalue weighted by Gasteiger charge is 2.16. The molecule has 0 saturated carbocycles. The van der Waals surface area contributed by atoms with E-state index in [2.05, 4.69) is 11.1 Å². The van der Waals surface area contributed by atoms with E-state index in [1.165, 1.54) is 13.2 Å². The third kappa shape index (κ3) is 6.24. The summed E-state index contributed by atoms with van der Waals surface area (Å²) in [7, 11) is 2.94. The molecule has 0 radical (unpaired) electrons. The molecule has 0 aliphatic heterocycles. The number of rotatable bonds is 10. The third-order valence-electron chi connectivity index (χ3n) is 6.63. The third-order valence-corrected chi connectivity index (χ3v) is 6.63. The Balaban J connectivity index is 1.37. The van der Waals surface area contributed by atoms with Crippen molar-refractivity contribution < 1.29 is 23.4 Å². The number of pyridine rings is 1. The van der Waals surface area contributed by atoms with Gasteiger partial charge in [-0.25, -0.2) is 19.2 Å². The Hall–Kier alpha value is -5.07. The van der Waals surface area contributed by atoms with Crippen LogP contribution in [0.4, 0.5) is 4.39 Å². The topological polar surface area (TPSA) is 99.3 Å². The van der Waals surface area contributed by atoms with Gasteiger partial charge in [0.05, 0.1) is 47.6 Å². The van der Waals surface area contributed by atoms with E-state index in [1.807, 2.05) is 16.7 Å². The van der Waals surface area contributed by atoms with Gasteiger partial charge in [0.2, 0.25) is 5.88 Å². The molecule has 0 N–H and O–H groups in total. The quantitative estimate of drug-likeness (QED) is 0.205. The van der Waals surface area contributed by atoms with E-state index < -0.39 is 5.97 Å². The molecule has 0 saturated heterocycles. The zero-order valence-corrected chi connectivity index (χ0v) is 22.6. The summed E-state index contributed by atoms with van der Waals surface area (Å²) >= 11 is 0. The van der Waals surface area contributed by atoms with Crippen molar-refractivity contribution in [2.45, 2.75) is 19.6 Å². The number of fused-ring (bicyclic) bond motifs is 1. The molecule has 0 aliphatic carbocycles. The van der Waals surface area contributed by atoms with Gasteiger partial charge in [-0.2, -0.15) is 5.26 Å². The first-order valence-electron chi connectivity index (χ1n) is 12.9. The molecule has 3 aromatic carbocycles. The lowest BCUT2D eigenvalue weighted by atomic mass is 10.1. The summed E-state index contributed by atoms with van der Waals surface area (Å²) in [5.74, 6) is 0.225. The minimum atomic E-state index is -0.439. The van der Waals surface area contributed by atoms with Gasteiger partial charge in [-0.05, 0) is 53.6 Å². The van der Waals surface area contributed by atoms with Crippen molar-refractivity contribution in [2.75, 3.05) is 20.8 Å². The SMILES string of the molecule is COCCn1c(Cc2ccc(-c3cccc(OCc4cccc(C#N)c4)n3)cc2F)nc2ccc(C(=O)OC)cc21. The molecule has 0 unspecified atom stereocenters. The van der Waals surface area contributed by atoms with E-state index >= 15 is 4.39 Å². The summed E-state index contributed by atoms with van der Waals surface area (Å²) in [6.07, 6.45) is 0.246. The average molecular weight is 551 g/mol. The maximum absolute atomic E-state index is 15.4. The van der Waals surface area contributed by atoms with Crippen LogP contribution in [0.1, 0.15) is 32.9 Å². The smallest absolute Gasteiger partial charge is 0.337 e. The van der Waals surface area contributed by atoms with Crippen LogP contribution in [0.3, 0.4) is 0 Å². The summed E-state index contributed by atoms with van der Waals surface area (Å²) in [6.45, 7) is 1.17. The number of nitrogens with zero attached hydrogens (tertiary/aromatic N) is 4. The van der Waals surface area contributed by atoms with Gasteiger partial charge in [-0.3, -0.25) is 0 Å². The van der Waals surface area contributed by atoms with Crippen molar-refractivity contribution >= 4 is 17.0 Å². The standard InChI is InChI=1S/C32H27FN4O4/c1-39-14-13-37-29-17-25(32(38)40-2)11-12-28(29)35-30(37)18-23-9-10-24(16-26(23)33)27-7-4-8-31(36-27)41-20-22-6-3-5-21(15-22)19-34/h3-12,15-17H,13-14,18,20H2,1-2H3. The van der Waals surface area contributed by atoms with Gasteiger partial charge in [0, 0.05) is 31.7 Å². The number of hydrogen-bond donors (Lipinski definition) is 0. The lowest BCUT2D eigenvalue weighted by Gasteiger charge is -2.11. The predicted octanol–water partition coefficient (Wildman–Crippen LogP) is 5.71. The number of carbonyl (C=O) groups is 1. The highest BCUT2D eigenvalue weighted by molar-refractivity contribution is 5.93. The van der Waals surface area contributed by atoms with E-state index in [0.29, 0.717) is 58.3 Å². The first kappa shape index (κ1) is 27.5. The number of methoxy groups -OCH3 is 2. The molecule has 5 aromatic rings. The van der Waals surface area contributed by atoms with Crippen LogP contribution in [0.2, 0.25) is 0 Å². The summed E-state index contributed by atoms with van der Waals surface area (Å²) in [5, 5.41) is 9.09. The summed E-state index contributed by atoms with van der Waals surface area (Å²) in [6, 6.07) is 24.8. The van der Waals surface area contributed by atoms with Crippen LogP contribution in [0.15, 0.2) is 78.9 Å². The normalized spacial score (nSPS) is 10.9. The van der Waals surface area contributed by atoms with Gasteiger partial charge >= 0.3 is 5.97 Å². The van der Waals surface area contributed by atoms with Gasteiger partial charge in [0.15, 0.2) is 0 Å². The van der Waals surface area contributed by atoms with Crippen LogP contribution >= 0.6 is 0 Å². The van der Waals surface area contributed by atoms with Gasteiger partial charge in [0.1, 0.15) is 18.2 Å². The maximum Gasteiger partial charge on any atom is 0.337 e. The first-order valence-corrected chi connectivity index (χ1v) is 12.9. The highest BCUT2D eigenvalue weighted by Crippen LogP contribution is 2.26. The van der Waals surface area contributed by atoms with E-state index in [9.17, 15) is 4.79 Å². The van der Waals surface area contributed by atoms with Crippen molar-refractivity contribution in [1.82, 2.24) is 14.5 Å². The minimum Gasteiger partial charge on any atom is -0.473 e. The molecular formula is C32H27FN4O4. The second-order valence-corrected chi connectivity index (χ2v) is 9.31. The van der Waals surface area contributed by atoms with Crippen molar-refractivity contribution in [3.8, 4) is 23.2 Å². The zero-order chi connectivity index (χ0) is 28.8. The molecule has 0 atom stereocenters. The average Bonchev–Trinajstić information content (AvgIpc) is 3.35. The lowest BCUT2D eigenvalue weighted by molar-refractivity contribution is 0.0601. The van der Waals surface area contributed by atoms with E-state index in [4.69, 9.17) is 24.5 Å². The molecule has 5 rings (SSSR count). The number of halogens is 1. The number of hydrogen-bond acceptors (Lipinski definition) is 7. The maximum atomic E-state index is 15.4. The molecular weight excluding hydrogens is 523 g/mol. The Morgan fingerprint density at radius 1 is 1.00 bits per heavy atom. The minimum absolute atomic E-state index is 0.246. The summed E-state index contributed by atoms with van der Waals surface area (Å²) < 4.78 is 33.3. The van der Waals surface area contributed by atoms with E-state index in [1.54, 1.807) is 67.8 Å². The number of nitriles is 1. The fraction of sp³-hybridized carbons (Fsp3) is 0.188. The van der Waals surface area contributed by atoms with Crippen molar-refractivity contribution in [2.24, 2.45) is 0 Å². The Kier molecular flexibility index (Phi) is 8.32. The van der Waals surface area contributed by atoms with E-state index in [-0.39, 0.29) is 18.8 Å². The number of ether oxygens (including phenoxy) is 3. The Labute approximate surface area is 236 Å². The zero-order valence-electron chi connectivity index (χ0n) is 22.6. The van der Waals surface area contributed by atoms with Crippen LogP contribution in [-0.4, -0.2) is 41.3 Å². The molecule has 2 aromatic heterocycles. The van der Waals surface area contributed by atoms with Crippen LogP contribution < -0.4 is 4.74 Å². The molecule has 41 heavy (non-hydrogen) atoms. The number of benzene rings is 3. The van der Waals surface area contributed by atoms with Crippen LogP contribution in [0.25, 0.3) is 22.3 Å². The van der Waals surface area contributed by atoms with E-state index in [0.717, 1.165) is 11.1 Å². The Morgan fingerprint density at radius 2 is 1.85 bits per heavy atom. The van der Waals surface area contributed by atoms with Gasteiger partial charge < -0.3 is 18.8 Å². The number of carbonyl (C=O) groups excluding carboxylic acids is 1. The Morgan fingerprint density at radius 3 is 2.63 bits per heavy atom. The Bertz CT molecular complexity index is 1760. The summed E-state index contributed by atoms with van der Waals surface area (Å²) in [5.41, 5.74) is 4.92. The molecule has 0 aliphatic rings. The van der Waals surface area contributed by atoms with Crippen molar-refractivity contribution in [3.63, 3.8) is 0 Å². The van der Waals surface area contributed by atoms with Gasteiger partial charge in [-0.1, -0.05) is 30.3 Å². The fourth-order valence-corrected chi connectivity index (χ4v) is 4.55. The van der Waals surface area contributed by atoms with Crippen LogP contribution in [0.5, 0.6) is 5.88 Å². The molecule has 206 valence electrons. The summed E-state index contributed by atoms with van der Waals surface area (Å²) in [4.78, 5) is 21.3. The number of esters is 1. The molecule has 0 bridgehead atoms. The van der Waals surface area contributed by atoms with Crippen LogP contribution in [-0.2, 0) is 29.0 Å².